The predicted octanol–water partition coefficient (Wildman–Crippen LogP) is 2.02. The van der Waals surface area contributed by atoms with E-state index in [4.69, 9.17) is 11.6 Å². The number of aromatic nitrogens is 2. The van der Waals surface area contributed by atoms with Crippen LogP contribution in [0, 0.1) is 0 Å². The van der Waals surface area contributed by atoms with Crippen molar-refractivity contribution in [2.24, 2.45) is 0 Å². The molecule has 0 aliphatic carbocycles. The molecule has 60 valence electrons. The monoisotopic (exact) mass is 188 g/mol. The van der Waals surface area contributed by atoms with E-state index in [0.717, 1.165) is 5.57 Å². The van der Waals surface area contributed by atoms with Crippen LogP contribution in [0.15, 0.2) is 24.5 Å². The van der Waals surface area contributed by atoms with Gasteiger partial charge in [0.1, 0.15) is 0 Å². The van der Waals surface area contributed by atoms with Gasteiger partial charge in [-0.2, -0.15) is 17.7 Å². The van der Waals surface area contributed by atoms with Crippen molar-refractivity contribution in [3.8, 4) is 0 Å². The van der Waals surface area contributed by atoms with Gasteiger partial charge in [-0.3, -0.25) is 4.68 Å². The Labute approximate surface area is 76.3 Å². The highest BCUT2D eigenvalue weighted by atomic mass is 35.5. The Bertz CT molecular complexity index is 257. The Balaban J connectivity index is 2.57. The molecule has 1 rings (SSSR count). The Morgan fingerprint density at radius 3 is 3.00 bits per heavy atom. The Morgan fingerprint density at radius 2 is 2.55 bits per heavy atom. The van der Waals surface area contributed by atoms with E-state index in [9.17, 15) is 0 Å². The summed E-state index contributed by atoms with van der Waals surface area (Å²) in [6, 6.07) is 0. The summed E-state index contributed by atoms with van der Waals surface area (Å²) in [4.78, 5) is 0. The average molecular weight is 189 g/mol. The highest BCUT2D eigenvalue weighted by molar-refractivity contribution is 7.80. The van der Waals surface area contributed by atoms with Gasteiger partial charge in [0.2, 0.25) is 0 Å². The Hall–Kier alpha value is -0.410. The van der Waals surface area contributed by atoms with Crippen molar-refractivity contribution in [3.63, 3.8) is 0 Å². The fourth-order valence-corrected chi connectivity index (χ4v) is 0.960. The first-order chi connectivity index (χ1) is 5.22. The second kappa shape index (κ2) is 3.83. The first-order valence-electron chi connectivity index (χ1n) is 3.18. The minimum atomic E-state index is 0.650. The maximum atomic E-state index is 5.65. The average Bonchev–Trinajstić information content (AvgIpc) is 2.35. The molecular weight excluding hydrogens is 180 g/mol. The van der Waals surface area contributed by atoms with Crippen LogP contribution in [0.5, 0.6) is 0 Å². The highest BCUT2D eigenvalue weighted by Gasteiger charge is 1.96. The molecule has 4 heteroatoms. The molecule has 1 aromatic rings. The Morgan fingerprint density at radius 1 is 1.82 bits per heavy atom. The zero-order chi connectivity index (χ0) is 8.27. The zero-order valence-corrected chi connectivity index (χ0v) is 7.65. The van der Waals surface area contributed by atoms with Crippen LogP contribution < -0.4 is 0 Å². The van der Waals surface area contributed by atoms with Gasteiger partial charge in [-0.25, -0.2) is 0 Å². The standard InChI is InChI=1S/C7H9ClN2S/c1-6(5-11)3-10-4-7(8)2-9-10/h2,4,11H,1,3,5H2. The van der Waals surface area contributed by atoms with Crippen molar-refractivity contribution in [1.29, 1.82) is 0 Å². The molecule has 0 aromatic carbocycles. The molecule has 0 amide bonds. The van der Waals surface area contributed by atoms with Crippen LogP contribution in [0.2, 0.25) is 5.02 Å². The quantitative estimate of drug-likeness (QED) is 0.568. The molecule has 0 spiro atoms. The molecule has 1 heterocycles. The van der Waals surface area contributed by atoms with Crippen LogP contribution in [0.4, 0.5) is 0 Å². The molecule has 0 atom stereocenters. The summed E-state index contributed by atoms with van der Waals surface area (Å²) < 4.78 is 1.74. The first-order valence-corrected chi connectivity index (χ1v) is 4.19. The van der Waals surface area contributed by atoms with Crippen molar-refractivity contribution in [2.75, 3.05) is 5.75 Å². The molecule has 0 unspecified atom stereocenters. The maximum absolute atomic E-state index is 5.65. The number of hydrogen-bond acceptors (Lipinski definition) is 2. The van der Waals surface area contributed by atoms with E-state index in [1.807, 2.05) is 0 Å². The summed E-state index contributed by atoms with van der Waals surface area (Å²) in [5, 5.41) is 4.64. The summed E-state index contributed by atoms with van der Waals surface area (Å²) in [6.07, 6.45) is 3.36. The third-order valence-electron chi connectivity index (χ3n) is 1.21. The summed E-state index contributed by atoms with van der Waals surface area (Å²) in [7, 11) is 0. The minimum Gasteiger partial charge on any atom is -0.267 e. The van der Waals surface area contributed by atoms with Gasteiger partial charge in [0.15, 0.2) is 0 Å². The molecule has 0 saturated heterocycles. The third-order valence-corrected chi connectivity index (χ3v) is 1.85. The van der Waals surface area contributed by atoms with E-state index >= 15 is 0 Å². The van der Waals surface area contributed by atoms with Gasteiger partial charge in [-0.1, -0.05) is 18.2 Å². The zero-order valence-electron chi connectivity index (χ0n) is 6.00. The maximum Gasteiger partial charge on any atom is 0.0785 e. The third kappa shape index (κ3) is 2.60. The van der Waals surface area contributed by atoms with Gasteiger partial charge < -0.3 is 0 Å². The summed E-state index contributed by atoms with van der Waals surface area (Å²) >= 11 is 9.73. The van der Waals surface area contributed by atoms with Crippen molar-refractivity contribution in [2.45, 2.75) is 6.54 Å². The summed E-state index contributed by atoms with van der Waals surface area (Å²) in [5.41, 5.74) is 1.02. The minimum absolute atomic E-state index is 0.650. The van der Waals surface area contributed by atoms with Crippen LogP contribution in [-0.4, -0.2) is 15.5 Å². The number of hydrogen-bond donors (Lipinski definition) is 1. The predicted molar refractivity (Wildman–Crippen MR) is 50.2 cm³/mol. The smallest absolute Gasteiger partial charge is 0.0785 e. The van der Waals surface area contributed by atoms with Gasteiger partial charge in [0.05, 0.1) is 17.8 Å². The SMILES string of the molecule is C=C(CS)Cn1cc(Cl)cn1. The Kier molecular flexibility index (Phi) is 3.02. The largest absolute Gasteiger partial charge is 0.267 e. The molecule has 0 aliphatic heterocycles. The van der Waals surface area contributed by atoms with Gasteiger partial charge in [0, 0.05) is 11.9 Å². The van der Waals surface area contributed by atoms with Crippen molar-refractivity contribution in [3.05, 3.63) is 29.6 Å². The van der Waals surface area contributed by atoms with Gasteiger partial charge >= 0.3 is 0 Å². The van der Waals surface area contributed by atoms with Crippen LogP contribution in [0.3, 0.4) is 0 Å². The molecule has 0 saturated carbocycles. The first kappa shape index (κ1) is 8.68. The van der Waals surface area contributed by atoms with Crippen LogP contribution in [0.1, 0.15) is 0 Å². The number of halogens is 1. The second-order valence-corrected chi connectivity index (χ2v) is 3.02. The fourth-order valence-electron chi connectivity index (χ4n) is 0.704. The van der Waals surface area contributed by atoms with Crippen LogP contribution in [0.25, 0.3) is 0 Å². The van der Waals surface area contributed by atoms with E-state index in [1.54, 1.807) is 17.1 Å². The summed E-state index contributed by atoms with van der Waals surface area (Å²) in [6.45, 7) is 4.49. The molecule has 0 fully saturated rings. The highest BCUT2D eigenvalue weighted by Crippen LogP contribution is 2.06. The van der Waals surface area contributed by atoms with E-state index < -0.39 is 0 Å². The molecule has 0 radical (unpaired) electrons. The molecule has 0 bridgehead atoms. The molecular formula is C7H9ClN2S. The van der Waals surface area contributed by atoms with Gasteiger partial charge in [-0.05, 0) is 5.57 Å². The lowest BCUT2D eigenvalue weighted by Gasteiger charge is -2.00. The fraction of sp³-hybridized carbons (Fsp3) is 0.286. The van der Waals surface area contributed by atoms with Crippen LogP contribution >= 0.6 is 24.2 Å². The van der Waals surface area contributed by atoms with Gasteiger partial charge in [-0.15, -0.1) is 0 Å². The topological polar surface area (TPSA) is 17.8 Å². The molecule has 2 nitrogen and oxygen atoms in total. The summed E-state index contributed by atoms with van der Waals surface area (Å²) in [5.74, 6) is 0.678. The van der Waals surface area contributed by atoms with Crippen molar-refractivity contribution in [1.82, 2.24) is 9.78 Å². The lowest BCUT2D eigenvalue weighted by molar-refractivity contribution is 0.680. The van der Waals surface area contributed by atoms with Crippen molar-refractivity contribution >= 4 is 24.2 Å². The second-order valence-electron chi connectivity index (χ2n) is 2.26. The van der Waals surface area contributed by atoms with E-state index in [-0.39, 0.29) is 0 Å². The lowest BCUT2D eigenvalue weighted by atomic mass is 10.3. The number of rotatable bonds is 3. The molecule has 11 heavy (non-hydrogen) atoms. The lowest BCUT2D eigenvalue weighted by Crippen LogP contribution is -2.01. The molecule has 0 aliphatic rings. The van der Waals surface area contributed by atoms with Gasteiger partial charge in [0.25, 0.3) is 0 Å². The normalized spacial score (nSPS) is 10.0. The number of thiol groups is 1. The van der Waals surface area contributed by atoms with E-state index in [2.05, 4.69) is 24.3 Å². The van der Waals surface area contributed by atoms with Crippen LogP contribution in [-0.2, 0) is 6.54 Å². The van der Waals surface area contributed by atoms with E-state index in [0.29, 0.717) is 17.3 Å². The van der Waals surface area contributed by atoms with E-state index in [1.165, 1.54) is 0 Å². The molecule has 0 N–H and O–H groups in total. The molecule has 1 aromatic heterocycles. The number of nitrogens with zero attached hydrogens (tertiary/aromatic N) is 2. The van der Waals surface area contributed by atoms with Crippen molar-refractivity contribution < 1.29 is 0 Å².